The lowest BCUT2D eigenvalue weighted by Crippen LogP contribution is -2.70. The molecule has 0 aromatic heterocycles. The second-order valence-corrected chi connectivity index (χ2v) is 20.8. The first-order valence-corrected chi connectivity index (χ1v) is 20.5. The molecule has 284 valence electrons. The Morgan fingerprint density at radius 1 is 0.840 bits per heavy atom. The van der Waals surface area contributed by atoms with Crippen LogP contribution >= 0.6 is 0 Å². The van der Waals surface area contributed by atoms with Crippen molar-refractivity contribution in [2.75, 3.05) is 6.61 Å². The molecular formula is C42H67FO7. The number of rotatable bonds is 5. The summed E-state index contributed by atoms with van der Waals surface area (Å²) in [6, 6.07) is 0. The molecule has 8 aliphatic rings. The van der Waals surface area contributed by atoms with E-state index in [1.807, 2.05) is 0 Å². The molecule has 0 aromatic rings. The molecule has 7 aliphatic carbocycles. The average Bonchev–Trinajstić information content (AvgIpc) is 3.18. The topological polar surface area (TPSA) is 120 Å². The standard InChI is InChI=1S/C42H67FO7/c1-37(2)19-20-41(36(47)35-32-34(46)33(45)28(22-44)42(32,48)50-35)18-13-26-25(27(41)21-37)11-12-30-39(26,5)16-14-29-38(3,4)31(15-17-40(29,30)6)49-24-9-7-23(43)8-10-24/h11,23-24,26-36,44-48H,7-10,12-22H2,1-6H3/t23?,24?,26?,27?,28?,29?,30?,31-,32?,33-,34?,35-,36+,39-,40-,41+,42?/m0/s1. The van der Waals surface area contributed by atoms with Gasteiger partial charge >= 0.3 is 0 Å². The zero-order valence-corrected chi connectivity index (χ0v) is 31.6. The van der Waals surface area contributed by atoms with Gasteiger partial charge in [0.05, 0.1) is 55.1 Å². The number of aliphatic hydroxyl groups is 5. The minimum atomic E-state index is -1.82. The zero-order chi connectivity index (χ0) is 35.8. The van der Waals surface area contributed by atoms with Crippen LogP contribution in [0.15, 0.2) is 11.6 Å². The van der Waals surface area contributed by atoms with Crippen LogP contribution in [-0.4, -0.2) is 80.7 Å². The molecule has 6 saturated carbocycles. The maximum Gasteiger partial charge on any atom is 0.181 e. The van der Waals surface area contributed by atoms with E-state index in [0.717, 1.165) is 57.8 Å². The summed E-state index contributed by atoms with van der Waals surface area (Å²) in [5.41, 5.74) is 1.69. The number of halogens is 1. The normalized spacial score (nSPS) is 55.6. The summed E-state index contributed by atoms with van der Waals surface area (Å²) in [6.07, 6.45) is 11.6. The first kappa shape index (κ1) is 36.4. The van der Waals surface area contributed by atoms with E-state index in [-0.39, 0.29) is 39.8 Å². The lowest BCUT2D eigenvalue weighted by molar-refractivity contribution is -0.404. The van der Waals surface area contributed by atoms with Crippen molar-refractivity contribution in [1.29, 1.82) is 0 Å². The van der Waals surface area contributed by atoms with Gasteiger partial charge in [0.25, 0.3) is 0 Å². The van der Waals surface area contributed by atoms with Gasteiger partial charge in [-0.2, -0.15) is 0 Å². The van der Waals surface area contributed by atoms with E-state index in [9.17, 15) is 29.9 Å². The van der Waals surface area contributed by atoms with Crippen LogP contribution in [0.2, 0.25) is 0 Å². The van der Waals surface area contributed by atoms with Crippen LogP contribution in [0.1, 0.15) is 131 Å². The highest BCUT2D eigenvalue weighted by Crippen LogP contribution is 2.73. The fourth-order valence-corrected chi connectivity index (χ4v) is 14.9. The molecule has 0 bridgehead atoms. The Kier molecular flexibility index (Phi) is 8.69. The molecule has 8 unspecified atom stereocenters. The number of hydrogen-bond acceptors (Lipinski definition) is 7. The van der Waals surface area contributed by atoms with Crippen molar-refractivity contribution < 1.29 is 39.4 Å². The number of hydrogen-bond donors (Lipinski definition) is 5. The summed E-state index contributed by atoms with van der Waals surface area (Å²) < 4.78 is 26.9. The predicted octanol–water partition coefficient (Wildman–Crippen LogP) is 6.47. The van der Waals surface area contributed by atoms with Gasteiger partial charge in [0.2, 0.25) is 0 Å². The molecule has 8 heteroatoms. The molecule has 5 N–H and O–H groups in total. The number of allylic oxidation sites excluding steroid dienone is 2. The van der Waals surface area contributed by atoms with Crippen molar-refractivity contribution in [2.45, 2.75) is 180 Å². The Labute approximate surface area is 299 Å². The second-order valence-electron chi connectivity index (χ2n) is 20.8. The molecule has 0 amide bonds. The quantitative estimate of drug-likeness (QED) is 0.208. The first-order chi connectivity index (χ1) is 23.4. The highest BCUT2D eigenvalue weighted by Gasteiger charge is 2.74. The van der Waals surface area contributed by atoms with Gasteiger partial charge in [-0.15, -0.1) is 0 Å². The molecule has 7 fully saturated rings. The van der Waals surface area contributed by atoms with Gasteiger partial charge in [0.1, 0.15) is 6.17 Å². The molecular weight excluding hydrogens is 635 g/mol. The first-order valence-electron chi connectivity index (χ1n) is 20.5. The van der Waals surface area contributed by atoms with Crippen molar-refractivity contribution in [2.24, 2.45) is 62.6 Å². The molecule has 0 radical (unpaired) electrons. The van der Waals surface area contributed by atoms with Gasteiger partial charge in [-0.3, -0.25) is 0 Å². The average molecular weight is 703 g/mol. The Hall–Kier alpha value is -0.610. The van der Waals surface area contributed by atoms with Gasteiger partial charge in [0.15, 0.2) is 5.79 Å². The van der Waals surface area contributed by atoms with E-state index >= 15 is 0 Å². The van der Waals surface area contributed by atoms with Crippen LogP contribution in [-0.2, 0) is 9.47 Å². The van der Waals surface area contributed by atoms with Gasteiger partial charge in [-0.1, -0.05) is 53.2 Å². The Morgan fingerprint density at radius 2 is 1.54 bits per heavy atom. The minimum absolute atomic E-state index is 0.0578. The fourth-order valence-electron chi connectivity index (χ4n) is 14.9. The Morgan fingerprint density at radius 3 is 2.24 bits per heavy atom. The second kappa shape index (κ2) is 11.9. The van der Waals surface area contributed by atoms with Gasteiger partial charge in [-0.25, -0.2) is 4.39 Å². The summed E-state index contributed by atoms with van der Waals surface area (Å²) in [6.45, 7) is 14.3. The van der Waals surface area contributed by atoms with Crippen molar-refractivity contribution in [3.8, 4) is 0 Å². The van der Waals surface area contributed by atoms with Gasteiger partial charge in [-0.05, 0) is 135 Å². The maximum absolute atomic E-state index is 13.9. The van der Waals surface area contributed by atoms with Crippen molar-refractivity contribution in [3.05, 3.63) is 11.6 Å². The highest BCUT2D eigenvalue weighted by molar-refractivity contribution is 5.31. The molecule has 1 aliphatic heterocycles. The van der Waals surface area contributed by atoms with Crippen LogP contribution in [0.3, 0.4) is 0 Å². The fraction of sp³-hybridized carbons (Fsp3) is 0.952. The lowest BCUT2D eigenvalue weighted by Gasteiger charge is -2.69. The molecule has 15 atom stereocenters. The number of aliphatic hydroxyl groups excluding tert-OH is 4. The van der Waals surface area contributed by atoms with Crippen LogP contribution in [0, 0.1) is 62.6 Å². The Balaban J connectivity index is 1.07. The van der Waals surface area contributed by atoms with Crippen LogP contribution in [0.4, 0.5) is 4.39 Å². The molecule has 50 heavy (non-hydrogen) atoms. The largest absolute Gasteiger partial charge is 0.396 e. The Bertz CT molecular complexity index is 1340. The van der Waals surface area contributed by atoms with E-state index in [4.69, 9.17) is 9.47 Å². The maximum atomic E-state index is 13.9. The van der Waals surface area contributed by atoms with E-state index in [0.29, 0.717) is 30.6 Å². The van der Waals surface area contributed by atoms with Crippen molar-refractivity contribution in [3.63, 3.8) is 0 Å². The van der Waals surface area contributed by atoms with Crippen molar-refractivity contribution >= 4 is 0 Å². The number of alkyl halides is 1. The minimum Gasteiger partial charge on any atom is -0.396 e. The number of fused-ring (bicyclic) bond motifs is 8. The lowest BCUT2D eigenvalue weighted by atomic mass is 9.36. The van der Waals surface area contributed by atoms with E-state index in [1.54, 1.807) is 5.57 Å². The monoisotopic (exact) mass is 702 g/mol. The predicted molar refractivity (Wildman–Crippen MR) is 188 cm³/mol. The zero-order valence-electron chi connectivity index (χ0n) is 31.6. The van der Waals surface area contributed by atoms with Crippen LogP contribution in [0.5, 0.6) is 0 Å². The molecule has 1 heterocycles. The third-order valence-corrected chi connectivity index (χ3v) is 17.7. The highest BCUT2D eigenvalue weighted by atomic mass is 19.1. The molecule has 8 rings (SSSR count). The molecule has 7 nitrogen and oxygen atoms in total. The van der Waals surface area contributed by atoms with Gasteiger partial charge in [0, 0.05) is 5.41 Å². The summed E-state index contributed by atoms with van der Waals surface area (Å²) >= 11 is 0. The molecule has 1 saturated heterocycles. The van der Waals surface area contributed by atoms with Crippen LogP contribution in [0.25, 0.3) is 0 Å². The third-order valence-electron chi connectivity index (χ3n) is 17.7. The summed E-state index contributed by atoms with van der Waals surface area (Å²) in [5, 5.41) is 55.3. The summed E-state index contributed by atoms with van der Waals surface area (Å²) in [7, 11) is 0. The molecule has 0 aromatic carbocycles. The summed E-state index contributed by atoms with van der Waals surface area (Å²) in [5.74, 6) is -1.83. The van der Waals surface area contributed by atoms with Gasteiger partial charge < -0.3 is 35.0 Å². The number of ether oxygens (including phenoxy) is 2. The van der Waals surface area contributed by atoms with Crippen LogP contribution < -0.4 is 0 Å². The third kappa shape index (κ3) is 4.96. The van der Waals surface area contributed by atoms with E-state index in [1.165, 1.54) is 19.3 Å². The smallest absolute Gasteiger partial charge is 0.181 e. The summed E-state index contributed by atoms with van der Waals surface area (Å²) in [4.78, 5) is 0. The van der Waals surface area contributed by atoms with E-state index in [2.05, 4.69) is 47.6 Å². The van der Waals surface area contributed by atoms with Crippen molar-refractivity contribution in [1.82, 2.24) is 0 Å². The van der Waals surface area contributed by atoms with E-state index < -0.39 is 60.2 Å². The SMILES string of the molecule is CC1(C)CC[C@]2([C@H](O)[C@H]3OC4(O)C(CO)[C@H](O)C(O)C34)CCC3C(=CCC4[C@@]3(C)CCC3C(C)(C)[C@@H](OC5CCC(F)CC5)CC[C@@]34C)C2C1. The molecule has 0 spiro atoms.